The number of H-pyrrole nitrogens is 1. The summed E-state index contributed by atoms with van der Waals surface area (Å²) in [5, 5.41) is 0. The smallest absolute Gasteiger partial charge is 0.253 e. The summed E-state index contributed by atoms with van der Waals surface area (Å²) in [5.41, 5.74) is 1.28. The normalized spacial score (nSPS) is 10.7. The van der Waals surface area contributed by atoms with Gasteiger partial charge >= 0.3 is 0 Å². The molecule has 1 aromatic rings. The molecule has 0 spiro atoms. The summed E-state index contributed by atoms with van der Waals surface area (Å²) in [5.74, 6) is 1.28. The van der Waals surface area contributed by atoms with Gasteiger partial charge < -0.3 is 4.55 Å². The Morgan fingerprint density at radius 1 is 1.60 bits per heavy atom. The standard InChI is InChI=1S/C7H12N2.CH4O4S/c1-4-7-8-5-6(2)9(7)3;1-5-6(2,3)4/h5H,4H2,1-3H3;1H3,(H,2,3,4). The minimum Gasteiger partial charge on any atom is -0.726 e. The van der Waals surface area contributed by atoms with Gasteiger partial charge in [0.1, 0.15) is 11.9 Å². The van der Waals surface area contributed by atoms with Gasteiger partial charge in [-0.2, -0.15) is 0 Å². The first kappa shape index (κ1) is 14.1. The third-order valence-electron chi connectivity index (χ3n) is 1.92. The molecular weight excluding hydrogens is 220 g/mol. The average Bonchev–Trinajstić information content (AvgIpc) is 2.47. The first-order valence-electron chi connectivity index (χ1n) is 4.36. The predicted octanol–water partition coefficient (Wildman–Crippen LogP) is -0.197. The fourth-order valence-corrected chi connectivity index (χ4v) is 0.934. The van der Waals surface area contributed by atoms with Crippen LogP contribution in [0.5, 0.6) is 0 Å². The van der Waals surface area contributed by atoms with Crippen LogP contribution in [0.15, 0.2) is 6.20 Å². The Morgan fingerprint density at radius 2 is 2.07 bits per heavy atom. The molecule has 1 aromatic heterocycles. The van der Waals surface area contributed by atoms with E-state index < -0.39 is 10.4 Å². The van der Waals surface area contributed by atoms with Gasteiger partial charge in [-0.05, 0) is 0 Å². The molecule has 88 valence electrons. The van der Waals surface area contributed by atoms with Gasteiger partial charge in [0.05, 0.1) is 14.2 Å². The van der Waals surface area contributed by atoms with Crippen molar-refractivity contribution < 1.29 is 21.7 Å². The van der Waals surface area contributed by atoms with Crippen molar-refractivity contribution in [2.75, 3.05) is 7.11 Å². The van der Waals surface area contributed by atoms with Gasteiger partial charge in [0.25, 0.3) is 5.82 Å². The number of nitrogens with zero attached hydrogens (tertiary/aromatic N) is 1. The van der Waals surface area contributed by atoms with Gasteiger partial charge in [-0.3, -0.25) is 4.18 Å². The summed E-state index contributed by atoms with van der Waals surface area (Å²) in [6.07, 6.45) is 3.10. The molecule has 15 heavy (non-hydrogen) atoms. The summed E-state index contributed by atoms with van der Waals surface area (Å²) in [6, 6.07) is 0. The van der Waals surface area contributed by atoms with E-state index in [0.717, 1.165) is 13.5 Å². The Kier molecular flexibility index (Phi) is 5.48. The zero-order chi connectivity index (χ0) is 12.1. The second kappa shape index (κ2) is 5.84. The Balaban J connectivity index is 0.000000288. The summed E-state index contributed by atoms with van der Waals surface area (Å²) in [4.78, 5) is 3.19. The maximum absolute atomic E-state index is 9.22. The van der Waals surface area contributed by atoms with Gasteiger partial charge in [0, 0.05) is 13.3 Å². The molecule has 7 heteroatoms. The second-order valence-corrected chi connectivity index (χ2v) is 4.01. The van der Waals surface area contributed by atoms with Crippen molar-refractivity contribution >= 4 is 10.4 Å². The zero-order valence-electron chi connectivity index (χ0n) is 9.27. The topological polar surface area (TPSA) is 86.1 Å². The maximum atomic E-state index is 9.22. The van der Waals surface area contributed by atoms with Gasteiger partial charge in [-0.25, -0.2) is 18.0 Å². The SMILES string of the molecule is CCc1[nH]cc(C)[n+]1C.COS(=O)(=O)[O-]. The molecule has 0 saturated carbocycles. The van der Waals surface area contributed by atoms with Crippen molar-refractivity contribution in [2.45, 2.75) is 20.3 Å². The maximum Gasteiger partial charge on any atom is 0.253 e. The van der Waals surface area contributed by atoms with Gasteiger partial charge in [0.15, 0.2) is 0 Å². The predicted molar refractivity (Wildman–Crippen MR) is 52.8 cm³/mol. The minimum atomic E-state index is -4.41. The lowest BCUT2D eigenvalue weighted by molar-refractivity contribution is -0.683. The van der Waals surface area contributed by atoms with Gasteiger partial charge in [0.2, 0.25) is 10.4 Å². The second-order valence-electron chi connectivity index (χ2n) is 2.86. The molecule has 0 radical (unpaired) electrons. The Morgan fingerprint density at radius 3 is 2.20 bits per heavy atom. The van der Waals surface area contributed by atoms with E-state index in [1.165, 1.54) is 11.5 Å². The lowest BCUT2D eigenvalue weighted by atomic mass is 10.4. The van der Waals surface area contributed by atoms with E-state index >= 15 is 0 Å². The molecule has 0 amide bonds. The van der Waals surface area contributed by atoms with Crippen molar-refractivity contribution in [3.8, 4) is 0 Å². The summed E-state index contributed by atoms with van der Waals surface area (Å²) in [6.45, 7) is 4.24. The molecule has 1 rings (SSSR count). The number of imidazole rings is 1. The van der Waals surface area contributed by atoms with E-state index in [9.17, 15) is 13.0 Å². The molecular formula is C8H16N2O4S. The zero-order valence-corrected chi connectivity index (χ0v) is 10.1. The molecule has 0 atom stereocenters. The molecule has 0 unspecified atom stereocenters. The Hall–Kier alpha value is -0.920. The highest BCUT2D eigenvalue weighted by Crippen LogP contribution is 1.90. The minimum absolute atomic E-state index is 0.808. The van der Waals surface area contributed by atoms with E-state index in [1.54, 1.807) is 0 Å². The van der Waals surface area contributed by atoms with Crippen molar-refractivity contribution in [1.29, 1.82) is 0 Å². The Bertz CT molecular complexity index is 397. The monoisotopic (exact) mass is 236 g/mol. The molecule has 0 aliphatic heterocycles. The first-order valence-corrected chi connectivity index (χ1v) is 5.69. The van der Waals surface area contributed by atoms with Gasteiger partial charge in [-0.15, -0.1) is 0 Å². The van der Waals surface area contributed by atoms with Crippen molar-refractivity contribution in [3.05, 3.63) is 17.7 Å². The largest absolute Gasteiger partial charge is 0.726 e. The molecule has 1 N–H and O–H groups in total. The number of hydrogen-bond donors (Lipinski definition) is 1. The van der Waals surface area contributed by atoms with Crippen LogP contribution in [0, 0.1) is 6.92 Å². The van der Waals surface area contributed by atoms with Crippen molar-refractivity contribution in [3.63, 3.8) is 0 Å². The highest BCUT2D eigenvalue weighted by atomic mass is 32.3. The number of rotatable bonds is 2. The fraction of sp³-hybridized carbons (Fsp3) is 0.625. The lowest BCUT2D eigenvalue weighted by Crippen LogP contribution is -2.33. The average molecular weight is 236 g/mol. The fourth-order valence-electron chi connectivity index (χ4n) is 0.934. The number of aromatic nitrogens is 2. The molecule has 0 aromatic carbocycles. The van der Waals surface area contributed by atoms with Crippen LogP contribution in [-0.2, 0) is 28.1 Å². The van der Waals surface area contributed by atoms with Crippen molar-refractivity contribution in [2.24, 2.45) is 7.05 Å². The first-order chi connectivity index (χ1) is 6.81. The van der Waals surface area contributed by atoms with Gasteiger partial charge in [-0.1, -0.05) is 6.92 Å². The molecule has 6 nitrogen and oxygen atoms in total. The molecule has 0 saturated heterocycles. The van der Waals surface area contributed by atoms with Crippen LogP contribution in [0.4, 0.5) is 0 Å². The number of aryl methyl sites for hydroxylation is 2. The third-order valence-corrected chi connectivity index (χ3v) is 2.33. The van der Waals surface area contributed by atoms with E-state index in [2.05, 4.69) is 34.6 Å². The van der Waals surface area contributed by atoms with Crippen LogP contribution in [-0.4, -0.2) is 25.1 Å². The lowest BCUT2D eigenvalue weighted by Gasteiger charge is -1.98. The van der Waals surface area contributed by atoms with Crippen LogP contribution in [0.25, 0.3) is 0 Å². The van der Waals surface area contributed by atoms with E-state index in [1.807, 2.05) is 6.20 Å². The number of nitrogens with one attached hydrogen (secondary N) is 1. The molecule has 0 fully saturated rings. The van der Waals surface area contributed by atoms with E-state index in [4.69, 9.17) is 0 Å². The van der Waals surface area contributed by atoms with Crippen LogP contribution in [0.2, 0.25) is 0 Å². The molecule has 0 bridgehead atoms. The number of aromatic amines is 1. The van der Waals surface area contributed by atoms with E-state index in [-0.39, 0.29) is 0 Å². The van der Waals surface area contributed by atoms with Crippen LogP contribution < -0.4 is 4.57 Å². The highest BCUT2D eigenvalue weighted by Gasteiger charge is 2.05. The summed E-state index contributed by atoms with van der Waals surface area (Å²) in [7, 11) is -1.53. The molecule has 0 aliphatic carbocycles. The van der Waals surface area contributed by atoms with Crippen LogP contribution in [0.1, 0.15) is 18.4 Å². The molecule has 0 aliphatic rings. The Labute approximate surface area is 89.9 Å². The van der Waals surface area contributed by atoms with Crippen LogP contribution in [0.3, 0.4) is 0 Å². The van der Waals surface area contributed by atoms with E-state index in [0.29, 0.717) is 0 Å². The summed E-state index contributed by atoms with van der Waals surface area (Å²) >= 11 is 0. The molecule has 1 heterocycles. The number of hydrogen-bond acceptors (Lipinski definition) is 4. The summed E-state index contributed by atoms with van der Waals surface area (Å²) < 4.78 is 33.2. The highest BCUT2D eigenvalue weighted by molar-refractivity contribution is 7.80. The van der Waals surface area contributed by atoms with Crippen molar-refractivity contribution in [1.82, 2.24) is 4.98 Å². The third kappa shape index (κ3) is 5.50. The quantitative estimate of drug-likeness (QED) is 0.438. The van der Waals surface area contributed by atoms with Crippen LogP contribution >= 0.6 is 0 Å².